The molecule has 4 N–H and O–H groups in total. The third kappa shape index (κ3) is 3.88. The van der Waals surface area contributed by atoms with E-state index in [4.69, 9.17) is 20.7 Å². The van der Waals surface area contributed by atoms with E-state index < -0.39 is 12.0 Å². The van der Waals surface area contributed by atoms with Gasteiger partial charge in [-0.3, -0.25) is 4.79 Å². The number of aliphatic carboxylic acids is 1. The lowest BCUT2D eigenvalue weighted by molar-refractivity contribution is -0.137. The van der Waals surface area contributed by atoms with Crippen LogP contribution in [0.25, 0.3) is 0 Å². The summed E-state index contributed by atoms with van der Waals surface area (Å²) in [4.78, 5) is 10.5. The lowest BCUT2D eigenvalue weighted by Crippen LogP contribution is -2.15. The molecule has 1 aromatic rings. The Morgan fingerprint density at radius 1 is 1.50 bits per heavy atom. The summed E-state index contributed by atoms with van der Waals surface area (Å²) in [6, 6.07) is 6.36. The van der Waals surface area contributed by atoms with E-state index in [-0.39, 0.29) is 19.6 Å². The molecule has 16 heavy (non-hydrogen) atoms. The second kappa shape index (κ2) is 6.09. The Hall–Kier alpha value is -1.59. The lowest BCUT2D eigenvalue weighted by atomic mass is 10.0. The fraction of sp³-hybridized carbons (Fsp3) is 0.364. The quantitative estimate of drug-likeness (QED) is 0.656. The van der Waals surface area contributed by atoms with Crippen LogP contribution in [0.1, 0.15) is 18.0 Å². The maximum Gasteiger partial charge on any atom is 0.305 e. The van der Waals surface area contributed by atoms with Crippen molar-refractivity contribution in [2.45, 2.75) is 12.5 Å². The molecule has 1 atom stereocenters. The Morgan fingerprint density at radius 2 is 2.25 bits per heavy atom. The predicted octanol–water partition coefficient (Wildman–Crippen LogP) is 0.532. The van der Waals surface area contributed by atoms with E-state index in [2.05, 4.69) is 0 Å². The van der Waals surface area contributed by atoms with Crippen molar-refractivity contribution in [2.75, 3.05) is 13.2 Å². The van der Waals surface area contributed by atoms with E-state index in [0.717, 1.165) is 0 Å². The molecule has 5 heteroatoms. The maximum atomic E-state index is 10.5. The number of carbonyl (C=O) groups is 1. The van der Waals surface area contributed by atoms with E-state index in [1.54, 1.807) is 24.3 Å². The van der Waals surface area contributed by atoms with Gasteiger partial charge in [-0.05, 0) is 17.7 Å². The van der Waals surface area contributed by atoms with Gasteiger partial charge in [0, 0.05) is 6.04 Å². The summed E-state index contributed by atoms with van der Waals surface area (Å²) in [6.07, 6.45) is -0.122. The molecule has 0 spiro atoms. The summed E-state index contributed by atoms with van der Waals surface area (Å²) < 4.78 is 5.20. The van der Waals surface area contributed by atoms with Gasteiger partial charge in [0.15, 0.2) is 0 Å². The van der Waals surface area contributed by atoms with Crippen LogP contribution in [0.2, 0.25) is 0 Å². The average molecular weight is 225 g/mol. The van der Waals surface area contributed by atoms with E-state index in [0.29, 0.717) is 11.3 Å². The van der Waals surface area contributed by atoms with Crippen molar-refractivity contribution >= 4 is 5.97 Å². The van der Waals surface area contributed by atoms with Crippen LogP contribution >= 0.6 is 0 Å². The van der Waals surface area contributed by atoms with Crippen LogP contribution in [0.5, 0.6) is 5.75 Å². The zero-order valence-corrected chi connectivity index (χ0v) is 8.80. The molecule has 5 nitrogen and oxygen atoms in total. The first kappa shape index (κ1) is 12.5. The molecule has 0 fully saturated rings. The Kier molecular flexibility index (Phi) is 4.75. The normalized spacial score (nSPS) is 12.1. The van der Waals surface area contributed by atoms with E-state index >= 15 is 0 Å². The number of carboxylic acid groups (broad SMARTS) is 1. The number of ether oxygens (including phenoxy) is 1. The first-order chi connectivity index (χ1) is 7.63. The zero-order valence-electron chi connectivity index (χ0n) is 8.80. The van der Waals surface area contributed by atoms with E-state index in [1.807, 2.05) is 0 Å². The molecule has 0 aliphatic heterocycles. The summed E-state index contributed by atoms with van der Waals surface area (Å²) in [5.74, 6) is -0.360. The third-order valence-corrected chi connectivity index (χ3v) is 2.04. The predicted molar refractivity (Wildman–Crippen MR) is 58.2 cm³/mol. The van der Waals surface area contributed by atoms with Gasteiger partial charge in [0.2, 0.25) is 0 Å². The van der Waals surface area contributed by atoms with Crippen molar-refractivity contribution in [3.63, 3.8) is 0 Å². The second-order valence-corrected chi connectivity index (χ2v) is 3.35. The molecule has 1 aromatic carbocycles. The number of carboxylic acids is 1. The SMILES string of the molecule is NC(CC(=O)O)c1cccc(OCCO)c1. The second-order valence-electron chi connectivity index (χ2n) is 3.35. The Labute approximate surface area is 93.5 Å². The van der Waals surface area contributed by atoms with Gasteiger partial charge in [-0.1, -0.05) is 12.1 Å². The molecular formula is C11H15NO4. The van der Waals surface area contributed by atoms with Crippen LogP contribution < -0.4 is 10.5 Å². The van der Waals surface area contributed by atoms with Crippen molar-refractivity contribution in [3.8, 4) is 5.75 Å². The lowest BCUT2D eigenvalue weighted by Gasteiger charge is -2.11. The number of nitrogens with two attached hydrogens (primary N) is 1. The number of aliphatic hydroxyl groups is 1. The third-order valence-electron chi connectivity index (χ3n) is 2.04. The molecule has 0 radical (unpaired) electrons. The van der Waals surface area contributed by atoms with Gasteiger partial charge < -0.3 is 20.7 Å². The minimum absolute atomic E-state index is 0.0641. The standard InChI is InChI=1S/C11H15NO4/c12-10(7-11(14)15)8-2-1-3-9(6-8)16-5-4-13/h1-3,6,10,13H,4-5,7,12H2,(H,14,15). The van der Waals surface area contributed by atoms with Crippen LogP contribution in [-0.2, 0) is 4.79 Å². The molecule has 0 aliphatic rings. The highest BCUT2D eigenvalue weighted by Gasteiger charge is 2.10. The number of rotatable bonds is 6. The Morgan fingerprint density at radius 3 is 2.88 bits per heavy atom. The van der Waals surface area contributed by atoms with Crippen LogP contribution in [0.15, 0.2) is 24.3 Å². The molecule has 1 rings (SSSR count). The van der Waals surface area contributed by atoms with Crippen molar-refractivity contribution < 1.29 is 19.7 Å². The van der Waals surface area contributed by atoms with Gasteiger partial charge in [-0.25, -0.2) is 0 Å². The minimum atomic E-state index is -0.936. The molecule has 0 amide bonds. The summed E-state index contributed by atoms with van der Waals surface area (Å²) >= 11 is 0. The molecule has 88 valence electrons. The van der Waals surface area contributed by atoms with E-state index in [9.17, 15) is 4.79 Å². The molecule has 0 heterocycles. The smallest absolute Gasteiger partial charge is 0.305 e. The highest BCUT2D eigenvalue weighted by molar-refractivity contribution is 5.67. The van der Waals surface area contributed by atoms with Crippen molar-refractivity contribution in [2.24, 2.45) is 5.73 Å². The Bertz CT molecular complexity index is 354. The zero-order chi connectivity index (χ0) is 12.0. The van der Waals surface area contributed by atoms with Crippen molar-refractivity contribution in [1.82, 2.24) is 0 Å². The largest absolute Gasteiger partial charge is 0.491 e. The van der Waals surface area contributed by atoms with Gasteiger partial charge >= 0.3 is 5.97 Å². The monoisotopic (exact) mass is 225 g/mol. The summed E-state index contributed by atoms with van der Waals surface area (Å²) in [5, 5.41) is 17.2. The van der Waals surface area contributed by atoms with Crippen molar-refractivity contribution in [3.05, 3.63) is 29.8 Å². The maximum absolute atomic E-state index is 10.5. The molecule has 0 bridgehead atoms. The van der Waals surface area contributed by atoms with Gasteiger partial charge in [-0.15, -0.1) is 0 Å². The van der Waals surface area contributed by atoms with Gasteiger partial charge in [-0.2, -0.15) is 0 Å². The van der Waals surface area contributed by atoms with Crippen molar-refractivity contribution in [1.29, 1.82) is 0 Å². The van der Waals surface area contributed by atoms with Gasteiger partial charge in [0.1, 0.15) is 12.4 Å². The fourth-order valence-electron chi connectivity index (χ4n) is 1.30. The van der Waals surface area contributed by atoms with Crippen LogP contribution in [0.4, 0.5) is 0 Å². The summed E-state index contributed by atoms with van der Waals surface area (Å²) in [7, 11) is 0. The molecule has 0 saturated carbocycles. The molecule has 0 saturated heterocycles. The highest BCUT2D eigenvalue weighted by atomic mass is 16.5. The molecule has 0 aromatic heterocycles. The van der Waals surface area contributed by atoms with Crippen LogP contribution in [0, 0.1) is 0 Å². The van der Waals surface area contributed by atoms with Crippen LogP contribution in [0.3, 0.4) is 0 Å². The fourth-order valence-corrected chi connectivity index (χ4v) is 1.30. The van der Waals surface area contributed by atoms with Crippen LogP contribution in [-0.4, -0.2) is 29.4 Å². The number of hydrogen-bond acceptors (Lipinski definition) is 4. The molecular weight excluding hydrogens is 210 g/mol. The summed E-state index contributed by atoms with van der Waals surface area (Å²) in [6.45, 7) is 0.142. The number of aliphatic hydroxyl groups excluding tert-OH is 1. The Balaban J connectivity index is 2.69. The molecule has 0 aliphatic carbocycles. The number of benzene rings is 1. The first-order valence-corrected chi connectivity index (χ1v) is 4.94. The number of hydrogen-bond donors (Lipinski definition) is 3. The topological polar surface area (TPSA) is 92.8 Å². The average Bonchev–Trinajstić information content (AvgIpc) is 2.26. The van der Waals surface area contributed by atoms with E-state index in [1.165, 1.54) is 0 Å². The van der Waals surface area contributed by atoms with Gasteiger partial charge in [0.05, 0.1) is 13.0 Å². The van der Waals surface area contributed by atoms with Gasteiger partial charge in [0.25, 0.3) is 0 Å². The molecule has 1 unspecified atom stereocenters. The highest BCUT2D eigenvalue weighted by Crippen LogP contribution is 2.19. The minimum Gasteiger partial charge on any atom is -0.491 e. The first-order valence-electron chi connectivity index (χ1n) is 4.94. The summed E-state index contributed by atoms with van der Waals surface area (Å²) in [5.41, 5.74) is 6.41.